The van der Waals surface area contributed by atoms with E-state index in [4.69, 9.17) is 5.73 Å². The van der Waals surface area contributed by atoms with E-state index in [-0.39, 0.29) is 6.04 Å². The van der Waals surface area contributed by atoms with Crippen molar-refractivity contribution in [1.82, 2.24) is 4.98 Å². The fraction of sp³-hybridized carbons (Fsp3) is 0.571. The van der Waals surface area contributed by atoms with E-state index < -0.39 is 0 Å². The van der Waals surface area contributed by atoms with Crippen LogP contribution >= 0.6 is 11.3 Å². The first-order valence-electron chi connectivity index (χ1n) is 3.60. The highest BCUT2D eigenvalue weighted by molar-refractivity contribution is 7.13. The summed E-state index contributed by atoms with van der Waals surface area (Å²) in [7, 11) is 1.87. The lowest BCUT2D eigenvalue weighted by molar-refractivity contribution is 0.726. The number of thiazole rings is 1. The lowest BCUT2D eigenvalue weighted by Gasteiger charge is -1.99. The van der Waals surface area contributed by atoms with Gasteiger partial charge in [0.05, 0.1) is 5.69 Å². The molecular weight excluding hydrogens is 158 g/mol. The van der Waals surface area contributed by atoms with Crippen LogP contribution in [0.4, 0.5) is 5.13 Å². The van der Waals surface area contributed by atoms with E-state index in [0.717, 1.165) is 17.2 Å². The Kier molecular flexibility index (Phi) is 2.84. The van der Waals surface area contributed by atoms with Gasteiger partial charge in [-0.2, -0.15) is 0 Å². The van der Waals surface area contributed by atoms with Crippen molar-refractivity contribution in [3.8, 4) is 0 Å². The van der Waals surface area contributed by atoms with Crippen molar-refractivity contribution in [2.24, 2.45) is 5.73 Å². The minimum atomic E-state index is 0.196. The standard InChI is InChI=1S/C7H13N3S/c1-5(8)3-6-4-11-7(9-2)10-6/h4-5H,3,8H2,1-2H3,(H,9,10). The summed E-state index contributed by atoms with van der Waals surface area (Å²) in [6.45, 7) is 1.98. The molecule has 1 heterocycles. The average molecular weight is 171 g/mol. The highest BCUT2D eigenvalue weighted by Crippen LogP contribution is 2.14. The summed E-state index contributed by atoms with van der Waals surface area (Å²) in [6, 6.07) is 0.196. The van der Waals surface area contributed by atoms with E-state index in [0.29, 0.717) is 0 Å². The quantitative estimate of drug-likeness (QED) is 0.715. The van der Waals surface area contributed by atoms with Gasteiger partial charge in [-0.3, -0.25) is 0 Å². The molecule has 1 atom stereocenters. The molecular formula is C7H13N3S. The number of nitrogens with zero attached hydrogens (tertiary/aromatic N) is 1. The van der Waals surface area contributed by atoms with Crippen molar-refractivity contribution in [1.29, 1.82) is 0 Å². The Bertz CT molecular complexity index is 219. The molecule has 0 amide bonds. The second-order valence-electron chi connectivity index (χ2n) is 2.58. The van der Waals surface area contributed by atoms with Crippen LogP contribution in [-0.4, -0.2) is 18.1 Å². The third kappa shape index (κ3) is 2.48. The van der Waals surface area contributed by atoms with Crippen LogP contribution in [0.1, 0.15) is 12.6 Å². The molecule has 1 aromatic heterocycles. The van der Waals surface area contributed by atoms with E-state index in [1.165, 1.54) is 0 Å². The molecule has 62 valence electrons. The third-order valence-corrected chi connectivity index (χ3v) is 2.21. The van der Waals surface area contributed by atoms with Crippen molar-refractivity contribution < 1.29 is 0 Å². The van der Waals surface area contributed by atoms with Crippen LogP contribution in [0, 0.1) is 0 Å². The smallest absolute Gasteiger partial charge is 0.182 e. The molecule has 0 saturated carbocycles. The maximum absolute atomic E-state index is 5.62. The van der Waals surface area contributed by atoms with Crippen molar-refractivity contribution in [3.05, 3.63) is 11.1 Å². The van der Waals surface area contributed by atoms with E-state index >= 15 is 0 Å². The lowest BCUT2D eigenvalue weighted by atomic mass is 10.2. The number of anilines is 1. The van der Waals surface area contributed by atoms with E-state index in [9.17, 15) is 0 Å². The molecule has 0 radical (unpaired) electrons. The highest BCUT2D eigenvalue weighted by atomic mass is 32.1. The Balaban J connectivity index is 2.58. The van der Waals surface area contributed by atoms with E-state index in [2.05, 4.69) is 10.3 Å². The van der Waals surface area contributed by atoms with Gasteiger partial charge in [0.25, 0.3) is 0 Å². The maximum Gasteiger partial charge on any atom is 0.182 e. The molecule has 0 aliphatic carbocycles. The molecule has 0 bridgehead atoms. The Labute approximate surface area is 70.6 Å². The van der Waals surface area contributed by atoms with Gasteiger partial charge >= 0.3 is 0 Å². The van der Waals surface area contributed by atoms with Gasteiger partial charge in [0.15, 0.2) is 5.13 Å². The first kappa shape index (κ1) is 8.49. The van der Waals surface area contributed by atoms with Crippen molar-refractivity contribution in [2.75, 3.05) is 12.4 Å². The molecule has 1 unspecified atom stereocenters. The number of nitrogens with one attached hydrogen (secondary N) is 1. The summed E-state index contributed by atoms with van der Waals surface area (Å²) in [5.41, 5.74) is 6.70. The number of hydrogen-bond donors (Lipinski definition) is 2. The summed E-state index contributed by atoms with van der Waals surface area (Å²) < 4.78 is 0. The fourth-order valence-electron chi connectivity index (χ4n) is 0.845. The van der Waals surface area contributed by atoms with Gasteiger partial charge < -0.3 is 11.1 Å². The minimum Gasteiger partial charge on any atom is -0.365 e. The zero-order valence-corrected chi connectivity index (χ0v) is 7.61. The van der Waals surface area contributed by atoms with E-state index in [1.807, 2.05) is 19.4 Å². The van der Waals surface area contributed by atoms with Gasteiger partial charge in [0.1, 0.15) is 0 Å². The monoisotopic (exact) mass is 171 g/mol. The Morgan fingerprint density at radius 3 is 3.00 bits per heavy atom. The van der Waals surface area contributed by atoms with Crippen molar-refractivity contribution >= 4 is 16.5 Å². The zero-order valence-electron chi connectivity index (χ0n) is 6.79. The molecule has 0 aromatic carbocycles. The van der Waals surface area contributed by atoms with Gasteiger partial charge in [0.2, 0.25) is 0 Å². The van der Waals surface area contributed by atoms with Crippen LogP contribution in [0.15, 0.2) is 5.38 Å². The fourth-order valence-corrected chi connectivity index (χ4v) is 1.53. The number of hydrogen-bond acceptors (Lipinski definition) is 4. The number of rotatable bonds is 3. The normalized spacial score (nSPS) is 13.0. The largest absolute Gasteiger partial charge is 0.365 e. The molecule has 1 rings (SSSR count). The van der Waals surface area contributed by atoms with E-state index in [1.54, 1.807) is 11.3 Å². The molecule has 11 heavy (non-hydrogen) atoms. The van der Waals surface area contributed by atoms with Crippen molar-refractivity contribution in [3.63, 3.8) is 0 Å². The Hall–Kier alpha value is -0.610. The highest BCUT2D eigenvalue weighted by Gasteiger charge is 2.01. The number of aromatic nitrogens is 1. The second-order valence-corrected chi connectivity index (χ2v) is 3.43. The summed E-state index contributed by atoms with van der Waals surface area (Å²) in [5.74, 6) is 0. The molecule has 4 heteroatoms. The van der Waals surface area contributed by atoms with Gasteiger partial charge in [-0.1, -0.05) is 0 Å². The zero-order chi connectivity index (χ0) is 8.27. The Morgan fingerprint density at radius 2 is 2.55 bits per heavy atom. The van der Waals surface area contributed by atoms with Crippen LogP contribution < -0.4 is 11.1 Å². The van der Waals surface area contributed by atoms with Crippen LogP contribution in [0.3, 0.4) is 0 Å². The lowest BCUT2D eigenvalue weighted by Crippen LogP contribution is -2.17. The first-order valence-corrected chi connectivity index (χ1v) is 4.48. The predicted molar refractivity (Wildman–Crippen MR) is 49.0 cm³/mol. The molecule has 0 aliphatic heterocycles. The summed E-state index contributed by atoms with van der Waals surface area (Å²) in [5, 5.41) is 5.98. The summed E-state index contributed by atoms with van der Waals surface area (Å²) >= 11 is 1.61. The first-order chi connectivity index (χ1) is 5.22. The molecule has 0 saturated heterocycles. The SMILES string of the molecule is CNc1nc(CC(C)N)cs1. The molecule has 3 nitrogen and oxygen atoms in total. The molecule has 3 N–H and O–H groups in total. The molecule has 0 fully saturated rings. The van der Waals surface area contributed by atoms with Gasteiger partial charge in [0, 0.05) is 24.9 Å². The van der Waals surface area contributed by atoms with Crippen LogP contribution in [0.2, 0.25) is 0 Å². The van der Waals surface area contributed by atoms with Gasteiger partial charge in [-0.25, -0.2) is 4.98 Å². The van der Waals surface area contributed by atoms with Gasteiger partial charge in [-0.15, -0.1) is 11.3 Å². The summed E-state index contributed by atoms with van der Waals surface area (Å²) in [4.78, 5) is 4.30. The second kappa shape index (κ2) is 3.69. The minimum absolute atomic E-state index is 0.196. The van der Waals surface area contributed by atoms with Crippen LogP contribution in [0.5, 0.6) is 0 Å². The maximum atomic E-state index is 5.62. The van der Waals surface area contributed by atoms with Crippen LogP contribution in [0.25, 0.3) is 0 Å². The number of nitrogens with two attached hydrogens (primary N) is 1. The van der Waals surface area contributed by atoms with Crippen molar-refractivity contribution in [2.45, 2.75) is 19.4 Å². The third-order valence-electron chi connectivity index (χ3n) is 1.30. The Morgan fingerprint density at radius 1 is 1.82 bits per heavy atom. The molecule has 0 spiro atoms. The molecule has 0 aliphatic rings. The average Bonchev–Trinajstić information content (AvgIpc) is 2.34. The molecule has 1 aromatic rings. The van der Waals surface area contributed by atoms with Gasteiger partial charge in [-0.05, 0) is 6.92 Å². The topological polar surface area (TPSA) is 50.9 Å². The predicted octanol–water partition coefficient (Wildman–Crippen LogP) is 1.07. The van der Waals surface area contributed by atoms with Crippen LogP contribution in [-0.2, 0) is 6.42 Å². The summed E-state index contributed by atoms with van der Waals surface area (Å²) in [6.07, 6.45) is 0.859.